The summed E-state index contributed by atoms with van der Waals surface area (Å²) in [6.45, 7) is 1.99. The predicted molar refractivity (Wildman–Crippen MR) is 84.2 cm³/mol. The van der Waals surface area contributed by atoms with E-state index in [0.717, 1.165) is 16.8 Å². The third-order valence-corrected chi connectivity index (χ3v) is 4.03. The second kappa shape index (κ2) is 5.64. The molecule has 2 aromatic rings. The number of hydrogen-bond acceptors (Lipinski definition) is 2. The van der Waals surface area contributed by atoms with Crippen LogP contribution in [0.15, 0.2) is 48.5 Å². The molecule has 1 atom stereocenters. The molecule has 0 aromatic heterocycles. The van der Waals surface area contributed by atoms with Crippen molar-refractivity contribution < 1.29 is 14.7 Å². The van der Waals surface area contributed by atoms with E-state index < -0.39 is 5.97 Å². The van der Waals surface area contributed by atoms with Gasteiger partial charge >= 0.3 is 5.97 Å². The fourth-order valence-electron chi connectivity index (χ4n) is 3.06. The lowest BCUT2D eigenvalue weighted by Crippen LogP contribution is -2.35. The zero-order chi connectivity index (χ0) is 15.7. The lowest BCUT2D eigenvalue weighted by atomic mass is 10.0. The molecule has 1 N–H and O–H groups in total. The van der Waals surface area contributed by atoms with Crippen molar-refractivity contribution in [3.8, 4) is 0 Å². The van der Waals surface area contributed by atoms with Gasteiger partial charge in [-0.25, -0.2) is 0 Å². The summed E-state index contributed by atoms with van der Waals surface area (Å²) in [4.78, 5) is 25.5. The van der Waals surface area contributed by atoms with E-state index in [0.29, 0.717) is 12.0 Å². The van der Waals surface area contributed by atoms with Crippen molar-refractivity contribution in [3.05, 3.63) is 65.2 Å². The third-order valence-electron chi connectivity index (χ3n) is 4.03. The molecule has 0 radical (unpaired) electrons. The van der Waals surface area contributed by atoms with Gasteiger partial charge in [-0.05, 0) is 42.7 Å². The largest absolute Gasteiger partial charge is 0.481 e. The van der Waals surface area contributed by atoms with Crippen LogP contribution in [0, 0.1) is 0 Å². The van der Waals surface area contributed by atoms with Crippen molar-refractivity contribution in [2.75, 3.05) is 4.90 Å². The van der Waals surface area contributed by atoms with E-state index in [2.05, 4.69) is 0 Å². The minimum absolute atomic E-state index is 0.0107. The van der Waals surface area contributed by atoms with Gasteiger partial charge in [-0.15, -0.1) is 0 Å². The van der Waals surface area contributed by atoms with E-state index in [9.17, 15) is 9.59 Å². The van der Waals surface area contributed by atoms with Gasteiger partial charge in [0.05, 0.1) is 6.42 Å². The Bertz CT molecular complexity index is 724. The lowest BCUT2D eigenvalue weighted by molar-refractivity contribution is -0.136. The van der Waals surface area contributed by atoms with Gasteiger partial charge < -0.3 is 10.0 Å². The van der Waals surface area contributed by atoms with Gasteiger partial charge in [-0.3, -0.25) is 9.59 Å². The first-order valence-corrected chi connectivity index (χ1v) is 7.29. The molecule has 1 heterocycles. The highest BCUT2D eigenvalue weighted by Gasteiger charge is 2.32. The number of rotatable bonds is 3. The molecule has 22 heavy (non-hydrogen) atoms. The summed E-state index contributed by atoms with van der Waals surface area (Å²) >= 11 is 0. The molecular weight excluding hydrogens is 278 g/mol. The number of fused-ring (bicyclic) bond motifs is 1. The van der Waals surface area contributed by atoms with Crippen LogP contribution >= 0.6 is 0 Å². The number of benzene rings is 2. The predicted octanol–water partition coefficient (Wildman–Crippen LogP) is 2.91. The van der Waals surface area contributed by atoms with Gasteiger partial charge in [0.1, 0.15) is 0 Å². The first kappa shape index (κ1) is 14.3. The molecule has 1 unspecified atom stereocenters. The summed E-state index contributed by atoms with van der Waals surface area (Å²) in [6.07, 6.45) is 0.681. The monoisotopic (exact) mass is 295 g/mol. The van der Waals surface area contributed by atoms with Gasteiger partial charge in [0.15, 0.2) is 0 Å². The maximum absolute atomic E-state index is 12.8. The zero-order valence-corrected chi connectivity index (χ0v) is 12.3. The van der Waals surface area contributed by atoms with E-state index >= 15 is 0 Å². The number of nitrogens with zero attached hydrogens (tertiary/aromatic N) is 1. The second-order valence-corrected chi connectivity index (χ2v) is 5.58. The molecule has 1 aliphatic heterocycles. The van der Waals surface area contributed by atoms with Gasteiger partial charge in [0.2, 0.25) is 0 Å². The molecular formula is C18H17NO3. The molecule has 0 saturated carbocycles. The molecule has 4 nitrogen and oxygen atoms in total. The lowest BCUT2D eigenvalue weighted by Gasteiger charge is -2.22. The molecule has 2 aromatic carbocycles. The average molecular weight is 295 g/mol. The summed E-state index contributed by atoms with van der Waals surface area (Å²) in [6, 6.07) is 14.7. The van der Waals surface area contributed by atoms with Crippen LogP contribution in [0.4, 0.5) is 5.69 Å². The fraction of sp³-hybridized carbons (Fsp3) is 0.222. The molecule has 1 amide bonds. The van der Waals surface area contributed by atoms with Crippen LogP contribution in [-0.2, 0) is 17.6 Å². The Labute approximate surface area is 129 Å². The van der Waals surface area contributed by atoms with Crippen LogP contribution in [0.5, 0.6) is 0 Å². The van der Waals surface area contributed by atoms with Crippen LogP contribution in [0.2, 0.25) is 0 Å². The number of amides is 1. The molecule has 0 bridgehead atoms. The van der Waals surface area contributed by atoms with Gasteiger partial charge in [-0.1, -0.05) is 30.3 Å². The minimum Gasteiger partial charge on any atom is -0.481 e. The number of anilines is 1. The highest BCUT2D eigenvalue weighted by atomic mass is 16.4. The summed E-state index contributed by atoms with van der Waals surface area (Å²) < 4.78 is 0. The minimum atomic E-state index is -0.853. The summed E-state index contributed by atoms with van der Waals surface area (Å²) in [7, 11) is 0. The number of carbonyl (C=O) groups excluding carboxylic acids is 1. The normalized spacial score (nSPS) is 16.4. The quantitative estimate of drug-likeness (QED) is 0.947. The number of carboxylic acids is 1. The molecule has 3 rings (SSSR count). The summed E-state index contributed by atoms with van der Waals surface area (Å²) in [5.74, 6) is -0.895. The molecule has 0 fully saturated rings. The molecule has 0 aliphatic carbocycles. The summed E-state index contributed by atoms with van der Waals surface area (Å²) in [5.41, 5.74) is 3.24. The van der Waals surface area contributed by atoms with Crippen LogP contribution < -0.4 is 4.90 Å². The van der Waals surface area contributed by atoms with Crippen LogP contribution in [0.25, 0.3) is 0 Å². The van der Waals surface area contributed by atoms with E-state index in [1.165, 1.54) is 0 Å². The van der Waals surface area contributed by atoms with Gasteiger partial charge in [0.25, 0.3) is 5.91 Å². The maximum atomic E-state index is 12.8. The van der Waals surface area contributed by atoms with Crippen LogP contribution in [-0.4, -0.2) is 23.0 Å². The smallest absolute Gasteiger partial charge is 0.307 e. The summed E-state index contributed by atoms with van der Waals surface area (Å²) in [5, 5.41) is 9.04. The Hall–Kier alpha value is -2.62. The first-order valence-electron chi connectivity index (χ1n) is 7.29. The Balaban J connectivity index is 2.00. The fourth-order valence-corrected chi connectivity index (χ4v) is 3.06. The van der Waals surface area contributed by atoms with Crippen molar-refractivity contribution in [1.29, 1.82) is 0 Å². The second-order valence-electron chi connectivity index (χ2n) is 5.58. The van der Waals surface area contributed by atoms with E-state index in [1.807, 2.05) is 43.3 Å². The third kappa shape index (κ3) is 2.48. The van der Waals surface area contributed by atoms with Crippen LogP contribution in [0.1, 0.15) is 28.4 Å². The standard InChI is InChI=1S/C18H17NO3/c1-12-10-15-14(11-17(20)21)8-5-9-16(15)19(12)18(22)13-6-3-2-4-7-13/h2-9,12H,10-11H2,1H3,(H,20,21). The van der Waals surface area contributed by atoms with Crippen molar-refractivity contribution in [3.63, 3.8) is 0 Å². The average Bonchev–Trinajstić information content (AvgIpc) is 2.84. The Morgan fingerprint density at radius 2 is 1.86 bits per heavy atom. The maximum Gasteiger partial charge on any atom is 0.307 e. The number of carboxylic acid groups (broad SMARTS) is 1. The number of carbonyl (C=O) groups is 2. The highest BCUT2D eigenvalue weighted by Crippen LogP contribution is 2.35. The zero-order valence-electron chi connectivity index (χ0n) is 12.3. The number of hydrogen-bond donors (Lipinski definition) is 1. The topological polar surface area (TPSA) is 57.6 Å². The SMILES string of the molecule is CC1Cc2c(CC(=O)O)cccc2N1C(=O)c1ccccc1. The van der Waals surface area contributed by atoms with E-state index in [4.69, 9.17) is 5.11 Å². The van der Waals surface area contributed by atoms with Crippen molar-refractivity contribution in [2.45, 2.75) is 25.8 Å². The first-order chi connectivity index (χ1) is 10.6. The van der Waals surface area contributed by atoms with Gasteiger partial charge in [0, 0.05) is 17.3 Å². The van der Waals surface area contributed by atoms with Crippen molar-refractivity contribution >= 4 is 17.6 Å². The van der Waals surface area contributed by atoms with E-state index in [1.54, 1.807) is 17.0 Å². The van der Waals surface area contributed by atoms with E-state index in [-0.39, 0.29) is 18.4 Å². The molecule has 0 spiro atoms. The van der Waals surface area contributed by atoms with Crippen molar-refractivity contribution in [2.24, 2.45) is 0 Å². The van der Waals surface area contributed by atoms with Gasteiger partial charge in [-0.2, -0.15) is 0 Å². The Morgan fingerprint density at radius 1 is 1.14 bits per heavy atom. The highest BCUT2D eigenvalue weighted by molar-refractivity contribution is 6.07. The molecule has 1 aliphatic rings. The Morgan fingerprint density at radius 3 is 2.55 bits per heavy atom. The molecule has 112 valence electrons. The number of aliphatic carboxylic acids is 1. The molecule has 4 heteroatoms. The van der Waals surface area contributed by atoms with Crippen LogP contribution in [0.3, 0.4) is 0 Å². The van der Waals surface area contributed by atoms with Crippen molar-refractivity contribution in [1.82, 2.24) is 0 Å². The molecule has 0 saturated heterocycles. The Kier molecular flexibility index (Phi) is 3.67.